The molecule has 0 aliphatic carbocycles. The van der Waals surface area contributed by atoms with Crippen LogP contribution < -0.4 is 10.6 Å². The summed E-state index contributed by atoms with van der Waals surface area (Å²) < 4.78 is 0. The van der Waals surface area contributed by atoms with Gasteiger partial charge in [-0.2, -0.15) is 11.8 Å². The van der Waals surface area contributed by atoms with Crippen molar-refractivity contribution in [3.05, 3.63) is 0 Å². The lowest BCUT2D eigenvalue weighted by atomic mass is 10.7. The van der Waals surface area contributed by atoms with Crippen LogP contribution in [0.25, 0.3) is 0 Å². The van der Waals surface area contributed by atoms with Gasteiger partial charge in [0.05, 0.1) is 0 Å². The molecule has 60 valence electrons. The lowest BCUT2D eigenvalue weighted by Gasteiger charge is -2.06. The Morgan fingerprint density at radius 1 is 1.50 bits per heavy atom. The summed E-state index contributed by atoms with van der Waals surface area (Å²) in [5.41, 5.74) is 0. The van der Waals surface area contributed by atoms with Crippen LogP contribution >= 0.6 is 24.0 Å². The van der Waals surface area contributed by atoms with Crippen LogP contribution in [0.2, 0.25) is 0 Å². The monoisotopic (exact) mass is 178 g/mol. The first-order valence-corrected chi connectivity index (χ1v) is 5.12. The third-order valence-electron chi connectivity index (χ3n) is 0.929. The van der Waals surface area contributed by atoms with Crippen LogP contribution in [0.5, 0.6) is 0 Å². The maximum atomic E-state index is 4.94. The SMILES string of the molecule is CCNC(=S)NCCSC. The minimum absolute atomic E-state index is 0.761. The molecule has 0 aromatic rings. The molecule has 0 amide bonds. The van der Waals surface area contributed by atoms with Gasteiger partial charge in [-0.05, 0) is 25.4 Å². The molecule has 10 heavy (non-hydrogen) atoms. The molecule has 2 N–H and O–H groups in total. The van der Waals surface area contributed by atoms with Gasteiger partial charge >= 0.3 is 0 Å². The van der Waals surface area contributed by atoms with Gasteiger partial charge in [0.15, 0.2) is 5.11 Å². The summed E-state index contributed by atoms with van der Waals surface area (Å²) >= 11 is 6.75. The number of hydrogen-bond donors (Lipinski definition) is 2. The van der Waals surface area contributed by atoms with Crippen LogP contribution in [0.15, 0.2) is 0 Å². The lowest BCUT2D eigenvalue weighted by Crippen LogP contribution is -2.36. The van der Waals surface area contributed by atoms with Crippen LogP contribution in [-0.4, -0.2) is 30.2 Å². The maximum absolute atomic E-state index is 4.94. The third-order valence-corrected chi connectivity index (χ3v) is 1.83. The van der Waals surface area contributed by atoms with Gasteiger partial charge in [-0.1, -0.05) is 0 Å². The van der Waals surface area contributed by atoms with E-state index >= 15 is 0 Å². The largest absolute Gasteiger partial charge is 0.363 e. The van der Waals surface area contributed by atoms with Crippen molar-refractivity contribution in [2.24, 2.45) is 0 Å². The smallest absolute Gasteiger partial charge is 0.166 e. The van der Waals surface area contributed by atoms with Crippen LogP contribution in [0.1, 0.15) is 6.92 Å². The van der Waals surface area contributed by atoms with Crippen molar-refractivity contribution in [3.63, 3.8) is 0 Å². The molecule has 0 aromatic carbocycles. The fraction of sp³-hybridized carbons (Fsp3) is 0.833. The molecule has 0 unspecified atom stereocenters. The molecule has 0 bridgehead atoms. The number of hydrogen-bond acceptors (Lipinski definition) is 2. The fourth-order valence-electron chi connectivity index (χ4n) is 0.490. The average molecular weight is 178 g/mol. The molecule has 4 heteroatoms. The maximum Gasteiger partial charge on any atom is 0.166 e. The molecule has 0 aromatic heterocycles. The first-order valence-electron chi connectivity index (χ1n) is 3.32. The highest BCUT2D eigenvalue weighted by Crippen LogP contribution is 1.86. The van der Waals surface area contributed by atoms with E-state index in [9.17, 15) is 0 Å². The quantitative estimate of drug-likeness (QED) is 0.492. The predicted molar refractivity (Wildman–Crippen MR) is 52.7 cm³/mol. The number of rotatable bonds is 4. The minimum Gasteiger partial charge on any atom is -0.363 e. The molecule has 0 heterocycles. The molecule has 0 spiro atoms. The molecule has 0 aliphatic rings. The summed E-state index contributed by atoms with van der Waals surface area (Å²) in [5.74, 6) is 1.10. The van der Waals surface area contributed by atoms with Gasteiger partial charge in [0.2, 0.25) is 0 Å². The van der Waals surface area contributed by atoms with E-state index in [1.807, 2.05) is 18.7 Å². The zero-order chi connectivity index (χ0) is 7.82. The van der Waals surface area contributed by atoms with Crippen molar-refractivity contribution in [1.82, 2.24) is 10.6 Å². The lowest BCUT2D eigenvalue weighted by molar-refractivity contribution is 0.888. The molecule has 0 atom stereocenters. The highest BCUT2D eigenvalue weighted by atomic mass is 32.2. The predicted octanol–water partition coefficient (Wildman–Crippen LogP) is 0.833. The molecule has 2 nitrogen and oxygen atoms in total. The van der Waals surface area contributed by atoms with E-state index in [0.29, 0.717) is 0 Å². The number of thioether (sulfide) groups is 1. The Hall–Kier alpha value is 0.0400. The van der Waals surface area contributed by atoms with Gasteiger partial charge in [0, 0.05) is 18.8 Å². The van der Waals surface area contributed by atoms with E-state index < -0.39 is 0 Å². The van der Waals surface area contributed by atoms with Crippen molar-refractivity contribution in [2.75, 3.05) is 25.1 Å². The molecule has 0 radical (unpaired) electrons. The van der Waals surface area contributed by atoms with Gasteiger partial charge in [0.25, 0.3) is 0 Å². The van der Waals surface area contributed by atoms with Crippen molar-refractivity contribution < 1.29 is 0 Å². The molecule has 0 saturated heterocycles. The van der Waals surface area contributed by atoms with E-state index in [4.69, 9.17) is 12.2 Å². The number of nitrogens with one attached hydrogen (secondary N) is 2. The van der Waals surface area contributed by atoms with Crippen molar-refractivity contribution in [1.29, 1.82) is 0 Å². The second kappa shape index (κ2) is 7.15. The van der Waals surface area contributed by atoms with Gasteiger partial charge in [-0.15, -0.1) is 0 Å². The van der Waals surface area contributed by atoms with E-state index in [-0.39, 0.29) is 0 Å². The molecule has 0 saturated carbocycles. The first kappa shape index (κ1) is 10.0. The van der Waals surface area contributed by atoms with Crippen LogP contribution in [-0.2, 0) is 0 Å². The summed E-state index contributed by atoms with van der Waals surface area (Å²) in [6, 6.07) is 0. The van der Waals surface area contributed by atoms with Crippen LogP contribution in [0.3, 0.4) is 0 Å². The standard InChI is InChI=1S/C6H14N2S2/c1-3-7-6(9)8-4-5-10-2/h3-5H2,1-2H3,(H2,7,8,9). The Morgan fingerprint density at radius 2 is 2.20 bits per heavy atom. The summed E-state index contributed by atoms with van der Waals surface area (Å²) in [7, 11) is 0. The van der Waals surface area contributed by atoms with E-state index in [0.717, 1.165) is 24.0 Å². The summed E-state index contributed by atoms with van der Waals surface area (Å²) in [6.45, 7) is 3.88. The molecule has 0 rings (SSSR count). The topological polar surface area (TPSA) is 24.1 Å². The van der Waals surface area contributed by atoms with Gasteiger partial charge in [0.1, 0.15) is 0 Å². The van der Waals surface area contributed by atoms with E-state index in [1.54, 1.807) is 0 Å². The third kappa shape index (κ3) is 6.16. The normalized spacial score (nSPS) is 9.00. The Morgan fingerprint density at radius 3 is 2.70 bits per heavy atom. The Balaban J connectivity index is 3.05. The Kier molecular flexibility index (Phi) is 7.18. The second-order valence-corrected chi connectivity index (χ2v) is 3.17. The average Bonchev–Trinajstić information content (AvgIpc) is 1.89. The zero-order valence-electron chi connectivity index (χ0n) is 6.44. The first-order chi connectivity index (χ1) is 4.81. The molecule has 0 fully saturated rings. The van der Waals surface area contributed by atoms with Crippen molar-refractivity contribution >= 4 is 29.1 Å². The molecule has 0 aliphatic heterocycles. The molecular formula is C6H14N2S2. The van der Waals surface area contributed by atoms with Crippen molar-refractivity contribution in [2.45, 2.75) is 6.92 Å². The Labute approximate surface area is 72.1 Å². The Bertz CT molecular complexity index is 95.7. The summed E-state index contributed by atoms with van der Waals surface area (Å²) in [4.78, 5) is 0. The zero-order valence-corrected chi connectivity index (χ0v) is 8.07. The summed E-state index contributed by atoms with van der Waals surface area (Å²) in [6.07, 6.45) is 2.08. The summed E-state index contributed by atoms with van der Waals surface area (Å²) in [5, 5.41) is 6.86. The van der Waals surface area contributed by atoms with E-state index in [1.165, 1.54) is 0 Å². The minimum atomic E-state index is 0.761. The van der Waals surface area contributed by atoms with Gasteiger partial charge in [-0.3, -0.25) is 0 Å². The fourth-order valence-corrected chi connectivity index (χ4v) is 1.04. The second-order valence-electron chi connectivity index (χ2n) is 1.78. The van der Waals surface area contributed by atoms with Gasteiger partial charge in [-0.25, -0.2) is 0 Å². The highest BCUT2D eigenvalue weighted by molar-refractivity contribution is 7.98. The van der Waals surface area contributed by atoms with Crippen LogP contribution in [0.4, 0.5) is 0 Å². The highest BCUT2D eigenvalue weighted by Gasteiger charge is 1.89. The molecular weight excluding hydrogens is 164 g/mol. The van der Waals surface area contributed by atoms with Gasteiger partial charge < -0.3 is 10.6 Å². The number of thiocarbonyl (C=S) groups is 1. The van der Waals surface area contributed by atoms with Crippen molar-refractivity contribution in [3.8, 4) is 0 Å². The van der Waals surface area contributed by atoms with Crippen LogP contribution in [0, 0.1) is 0 Å². The van der Waals surface area contributed by atoms with E-state index in [2.05, 4.69) is 16.9 Å².